The van der Waals surface area contributed by atoms with Gasteiger partial charge in [0.1, 0.15) is 18.1 Å². The molecule has 34 heavy (non-hydrogen) atoms. The number of nitrogens with two attached hydrogens (primary N) is 4. The highest BCUT2D eigenvalue weighted by atomic mass is 16.4. The number of nitrogens with one attached hydrogen (secondary N) is 3. The Hall–Kier alpha value is -3.46. The highest BCUT2D eigenvalue weighted by molar-refractivity contribution is 5.96. The summed E-state index contributed by atoms with van der Waals surface area (Å²) in [6.45, 7) is 2.85. The second-order valence-corrected chi connectivity index (χ2v) is 7.73. The van der Waals surface area contributed by atoms with Gasteiger partial charge in [-0.05, 0) is 18.8 Å². The summed E-state index contributed by atoms with van der Waals surface area (Å²) in [5.41, 5.74) is 21.6. The van der Waals surface area contributed by atoms with Crippen molar-refractivity contribution in [3.05, 3.63) is 0 Å². The van der Waals surface area contributed by atoms with Gasteiger partial charge in [-0.2, -0.15) is 0 Å². The Balaban J connectivity index is 5.58. The van der Waals surface area contributed by atoms with Gasteiger partial charge in [0.25, 0.3) is 0 Å². The van der Waals surface area contributed by atoms with Crippen molar-refractivity contribution in [3.8, 4) is 0 Å². The molecule has 4 amide bonds. The number of aliphatic imine (C=N–C) groups is 1. The highest BCUT2D eigenvalue weighted by Gasteiger charge is 2.31. The number of carboxylic acid groups (broad SMARTS) is 1. The molecule has 0 aromatic carbocycles. The summed E-state index contributed by atoms with van der Waals surface area (Å²) in [6.07, 6.45) is 0.288. The molecule has 0 aliphatic rings. The van der Waals surface area contributed by atoms with Crippen molar-refractivity contribution in [2.24, 2.45) is 33.8 Å². The standard InChI is InChI=1S/C19H36N8O7/c1-3-9(2)14(21)17(32)25-10(5-4-6-24-19(22)23)15(30)26-11(7-13(20)29)16(31)27-12(8-28)18(33)34/h9-12,14,28H,3-8,21H2,1-2H3,(H2,20,29)(H,25,32)(H,26,30)(H,27,31)(H,33,34)(H4,22,23,24). The smallest absolute Gasteiger partial charge is 0.328 e. The van der Waals surface area contributed by atoms with Gasteiger partial charge in [-0.1, -0.05) is 20.3 Å². The molecule has 5 unspecified atom stereocenters. The predicted molar refractivity (Wildman–Crippen MR) is 122 cm³/mol. The van der Waals surface area contributed by atoms with Gasteiger partial charge in [-0.3, -0.25) is 24.2 Å². The van der Waals surface area contributed by atoms with Crippen LogP contribution in [-0.4, -0.2) is 83.1 Å². The van der Waals surface area contributed by atoms with Crippen LogP contribution in [0.5, 0.6) is 0 Å². The molecule has 15 nitrogen and oxygen atoms in total. The molecule has 0 aromatic rings. The van der Waals surface area contributed by atoms with Crippen LogP contribution in [0.4, 0.5) is 0 Å². The summed E-state index contributed by atoms with van der Waals surface area (Å²) in [5, 5.41) is 24.9. The van der Waals surface area contributed by atoms with E-state index in [1.165, 1.54) is 0 Å². The molecule has 0 saturated heterocycles. The van der Waals surface area contributed by atoms with E-state index in [0.29, 0.717) is 6.42 Å². The molecule has 15 heteroatoms. The van der Waals surface area contributed by atoms with Gasteiger partial charge in [0.2, 0.25) is 23.6 Å². The number of aliphatic hydroxyl groups is 1. The van der Waals surface area contributed by atoms with Crippen LogP contribution < -0.4 is 38.9 Å². The first-order valence-corrected chi connectivity index (χ1v) is 10.7. The molecule has 0 fully saturated rings. The van der Waals surface area contributed by atoms with Crippen molar-refractivity contribution >= 4 is 35.6 Å². The van der Waals surface area contributed by atoms with Gasteiger partial charge in [-0.15, -0.1) is 0 Å². The largest absolute Gasteiger partial charge is 0.480 e. The van der Waals surface area contributed by atoms with E-state index in [0.717, 1.165) is 0 Å². The van der Waals surface area contributed by atoms with Crippen LogP contribution >= 0.6 is 0 Å². The lowest BCUT2D eigenvalue weighted by molar-refractivity contribution is -0.143. The number of amides is 4. The SMILES string of the molecule is CCC(C)C(N)C(=O)NC(CCCN=C(N)N)C(=O)NC(CC(N)=O)C(=O)NC(CO)C(=O)O. The lowest BCUT2D eigenvalue weighted by Gasteiger charge is -2.25. The number of carbonyl (C=O) groups excluding carboxylic acids is 4. The normalized spacial score (nSPS) is 15.1. The number of rotatable bonds is 16. The maximum atomic E-state index is 12.9. The van der Waals surface area contributed by atoms with E-state index in [2.05, 4.69) is 15.6 Å². The average Bonchev–Trinajstić information content (AvgIpc) is 2.76. The molecule has 0 radical (unpaired) electrons. The van der Waals surface area contributed by atoms with E-state index < -0.39 is 66.8 Å². The highest BCUT2D eigenvalue weighted by Crippen LogP contribution is 2.07. The Kier molecular flexibility index (Phi) is 13.8. The van der Waals surface area contributed by atoms with E-state index in [1.807, 2.05) is 12.2 Å². The van der Waals surface area contributed by atoms with E-state index in [9.17, 15) is 24.0 Å². The predicted octanol–water partition coefficient (Wildman–Crippen LogP) is -4.18. The molecule has 194 valence electrons. The van der Waals surface area contributed by atoms with Gasteiger partial charge in [0, 0.05) is 6.54 Å². The molecule has 0 heterocycles. The third-order valence-corrected chi connectivity index (χ3v) is 4.97. The molecular formula is C19H36N8O7. The Bertz CT molecular complexity index is 757. The van der Waals surface area contributed by atoms with Crippen molar-refractivity contribution < 1.29 is 34.2 Å². The third kappa shape index (κ3) is 11.4. The van der Waals surface area contributed by atoms with Crippen molar-refractivity contribution in [3.63, 3.8) is 0 Å². The van der Waals surface area contributed by atoms with Crippen molar-refractivity contribution in [2.75, 3.05) is 13.2 Å². The van der Waals surface area contributed by atoms with Gasteiger partial charge in [-0.25, -0.2) is 4.79 Å². The Labute approximate surface area is 197 Å². The lowest BCUT2D eigenvalue weighted by atomic mass is 9.98. The Morgan fingerprint density at radius 3 is 1.91 bits per heavy atom. The number of carbonyl (C=O) groups is 5. The van der Waals surface area contributed by atoms with Crippen LogP contribution in [0, 0.1) is 5.92 Å². The fraction of sp³-hybridized carbons (Fsp3) is 0.684. The zero-order valence-corrected chi connectivity index (χ0v) is 19.3. The van der Waals surface area contributed by atoms with Gasteiger partial charge >= 0.3 is 5.97 Å². The first-order valence-electron chi connectivity index (χ1n) is 10.7. The fourth-order valence-electron chi connectivity index (χ4n) is 2.69. The molecule has 0 rings (SSSR count). The maximum absolute atomic E-state index is 12.9. The Morgan fingerprint density at radius 1 is 0.912 bits per heavy atom. The zero-order chi connectivity index (χ0) is 26.4. The van der Waals surface area contributed by atoms with Crippen molar-refractivity contribution in [2.45, 2.75) is 63.7 Å². The van der Waals surface area contributed by atoms with Crippen LogP contribution in [0.15, 0.2) is 4.99 Å². The first-order chi connectivity index (χ1) is 15.8. The minimum absolute atomic E-state index is 0.0564. The number of aliphatic hydroxyl groups excluding tert-OH is 1. The molecule has 0 aliphatic heterocycles. The number of nitrogens with zero attached hydrogens (tertiary/aromatic N) is 1. The maximum Gasteiger partial charge on any atom is 0.328 e. The lowest BCUT2D eigenvalue weighted by Crippen LogP contribution is -2.58. The van der Waals surface area contributed by atoms with Crippen molar-refractivity contribution in [1.82, 2.24) is 16.0 Å². The van der Waals surface area contributed by atoms with E-state index in [1.54, 1.807) is 6.92 Å². The number of hydrogen-bond acceptors (Lipinski definition) is 8. The van der Waals surface area contributed by atoms with Gasteiger partial charge < -0.3 is 49.1 Å². The molecule has 0 spiro atoms. The molecular weight excluding hydrogens is 452 g/mol. The van der Waals surface area contributed by atoms with E-state index in [4.69, 9.17) is 33.1 Å². The summed E-state index contributed by atoms with van der Waals surface area (Å²) in [7, 11) is 0. The van der Waals surface area contributed by atoms with E-state index >= 15 is 0 Å². The minimum Gasteiger partial charge on any atom is -0.480 e. The summed E-state index contributed by atoms with van der Waals surface area (Å²) in [4.78, 5) is 64.1. The van der Waals surface area contributed by atoms with Crippen molar-refractivity contribution in [1.29, 1.82) is 0 Å². The van der Waals surface area contributed by atoms with Crippen LogP contribution in [0.2, 0.25) is 0 Å². The second kappa shape index (κ2) is 15.4. The average molecular weight is 489 g/mol. The molecule has 0 aromatic heterocycles. The number of guanidine groups is 1. The minimum atomic E-state index is -1.66. The summed E-state index contributed by atoms with van der Waals surface area (Å²) in [6, 6.07) is -5.29. The molecule has 13 N–H and O–H groups in total. The summed E-state index contributed by atoms with van der Waals surface area (Å²) >= 11 is 0. The molecule has 5 atom stereocenters. The van der Waals surface area contributed by atoms with Crippen LogP contribution in [0.25, 0.3) is 0 Å². The van der Waals surface area contributed by atoms with Crippen LogP contribution in [-0.2, 0) is 24.0 Å². The topological polar surface area (TPSA) is 278 Å². The zero-order valence-electron chi connectivity index (χ0n) is 19.3. The third-order valence-electron chi connectivity index (χ3n) is 4.97. The van der Waals surface area contributed by atoms with Gasteiger partial charge in [0.15, 0.2) is 5.96 Å². The Morgan fingerprint density at radius 2 is 1.44 bits per heavy atom. The molecule has 0 aliphatic carbocycles. The summed E-state index contributed by atoms with van der Waals surface area (Å²) < 4.78 is 0. The molecule has 0 saturated carbocycles. The van der Waals surface area contributed by atoms with E-state index in [-0.39, 0.29) is 31.3 Å². The summed E-state index contributed by atoms with van der Waals surface area (Å²) in [5.74, 6) is -5.31. The molecule has 0 bridgehead atoms. The number of carboxylic acids is 1. The second-order valence-electron chi connectivity index (χ2n) is 7.73. The number of hydrogen-bond donors (Lipinski definition) is 9. The fourth-order valence-corrected chi connectivity index (χ4v) is 2.69. The number of primary amides is 1. The quantitative estimate of drug-likeness (QED) is 0.0573. The first kappa shape index (κ1) is 30.5. The monoisotopic (exact) mass is 488 g/mol. The van der Waals surface area contributed by atoms with Crippen LogP contribution in [0.1, 0.15) is 39.5 Å². The van der Waals surface area contributed by atoms with Crippen LogP contribution in [0.3, 0.4) is 0 Å². The number of aliphatic carboxylic acids is 1. The van der Waals surface area contributed by atoms with Gasteiger partial charge in [0.05, 0.1) is 19.1 Å².